The van der Waals surface area contributed by atoms with Gasteiger partial charge < -0.3 is 10.4 Å². The zero-order chi connectivity index (χ0) is 11.8. The summed E-state index contributed by atoms with van der Waals surface area (Å²) in [5.41, 5.74) is -0.190. The summed E-state index contributed by atoms with van der Waals surface area (Å²) < 4.78 is 0. The van der Waals surface area contributed by atoms with Gasteiger partial charge in [-0.05, 0) is 25.0 Å². The minimum atomic E-state index is -0.459. The average molecular weight is 260 g/mol. The summed E-state index contributed by atoms with van der Waals surface area (Å²) in [5.74, 6) is -0.331. The summed E-state index contributed by atoms with van der Waals surface area (Å²) >= 11 is 11.8. The molecule has 1 aliphatic rings. The van der Waals surface area contributed by atoms with E-state index in [4.69, 9.17) is 28.3 Å². The second-order valence-corrected chi connectivity index (χ2v) is 4.80. The second kappa shape index (κ2) is 4.24. The molecule has 1 saturated carbocycles. The maximum absolute atomic E-state index is 11.9. The Bertz CT molecular complexity index is 410. The van der Waals surface area contributed by atoms with Crippen LogP contribution in [0.3, 0.4) is 0 Å². The number of hydrogen-bond donors (Lipinski definition) is 2. The summed E-state index contributed by atoms with van der Waals surface area (Å²) in [6, 6.07) is 4.90. The third-order valence-electron chi connectivity index (χ3n) is 2.72. The van der Waals surface area contributed by atoms with Crippen LogP contribution in [-0.2, 0) is 0 Å². The normalized spacial score (nSPS) is 16.9. The van der Waals surface area contributed by atoms with Gasteiger partial charge in [0.05, 0.1) is 27.8 Å². The molecule has 0 saturated heterocycles. The molecule has 0 radical (unpaired) electrons. The van der Waals surface area contributed by atoms with E-state index in [1.165, 1.54) is 0 Å². The van der Waals surface area contributed by atoms with Crippen LogP contribution in [0.1, 0.15) is 23.2 Å². The van der Waals surface area contributed by atoms with Crippen LogP contribution in [0.15, 0.2) is 18.2 Å². The predicted molar refractivity (Wildman–Crippen MR) is 63.0 cm³/mol. The molecule has 2 N–H and O–H groups in total. The lowest BCUT2D eigenvalue weighted by molar-refractivity contribution is 0.0907. The molecule has 2 rings (SSSR count). The lowest BCUT2D eigenvalue weighted by Gasteiger charge is -2.15. The smallest absolute Gasteiger partial charge is 0.254 e. The van der Waals surface area contributed by atoms with E-state index in [1.54, 1.807) is 18.2 Å². The van der Waals surface area contributed by atoms with E-state index >= 15 is 0 Å². The van der Waals surface area contributed by atoms with Gasteiger partial charge >= 0.3 is 0 Å². The molecule has 5 heteroatoms. The largest absolute Gasteiger partial charge is 0.394 e. The molecule has 1 fully saturated rings. The number of halogens is 2. The minimum absolute atomic E-state index is 0.0548. The Labute approximate surface area is 103 Å². The zero-order valence-corrected chi connectivity index (χ0v) is 9.98. The van der Waals surface area contributed by atoms with Gasteiger partial charge in [0.15, 0.2) is 0 Å². The van der Waals surface area contributed by atoms with Gasteiger partial charge in [0.1, 0.15) is 0 Å². The Morgan fingerprint density at radius 2 is 1.94 bits per heavy atom. The van der Waals surface area contributed by atoms with Crippen LogP contribution in [0, 0.1) is 0 Å². The standard InChI is InChI=1S/C11H11Cl2NO2/c12-7-2-1-3-8(13)9(7)10(16)14-11(6-15)4-5-11/h1-3,15H,4-6H2,(H,14,16). The second-order valence-electron chi connectivity index (χ2n) is 3.99. The van der Waals surface area contributed by atoms with Crippen molar-refractivity contribution in [2.45, 2.75) is 18.4 Å². The van der Waals surface area contributed by atoms with Gasteiger partial charge in [-0.15, -0.1) is 0 Å². The molecule has 3 nitrogen and oxygen atoms in total. The first-order valence-corrected chi connectivity index (χ1v) is 5.71. The summed E-state index contributed by atoms with van der Waals surface area (Å²) in [6.45, 7) is -0.0548. The van der Waals surface area contributed by atoms with Crippen LogP contribution >= 0.6 is 23.2 Å². The number of hydrogen-bond acceptors (Lipinski definition) is 2. The summed E-state index contributed by atoms with van der Waals surface area (Å²) in [7, 11) is 0. The molecular weight excluding hydrogens is 249 g/mol. The van der Waals surface area contributed by atoms with Gasteiger partial charge in [-0.2, -0.15) is 0 Å². The van der Waals surface area contributed by atoms with Crippen molar-refractivity contribution in [2.24, 2.45) is 0 Å². The molecule has 86 valence electrons. The molecule has 0 atom stereocenters. The van der Waals surface area contributed by atoms with Gasteiger partial charge in [-0.1, -0.05) is 29.3 Å². The van der Waals surface area contributed by atoms with Crippen LogP contribution in [0.4, 0.5) is 0 Å². The van der Waals surface area contributed by atoms with Crippen molar-refractivity contribution in [1.29, 1.82) is 0 Å². The van der Waals surface area contributed by atoms with E-state index in [2.05, 4.69) is 5.32 Å². The maximum atomic E-state index is 11.9. The highest BCUT2D eigenvalue weighted by atomic mass is 35.5. The third-order valence-corrected chi connectivity index (χ3v) is 3.35. The maximum Gasteiger partial charge on any atom is 0.254 e. The zero-order valence-electron chi connectivity index (χ0n) is 8.46. The first-order chi connectivity index (χ1) is 7.58. The van der Waals surface area contributed by atoms with Crippen molar-refractivity contribution >= 4 is 29.1 Å². The monoisotopic (exact) mass is 259 g/mol. The third kappa shape index (κ3) is 2.17. The minimum Gasteiger partial charge on any atom is -0.394 e. The van der Waals surface area contributed by atoms with Crippen molar-refractivity contribution in [2.75, 3.05) is 6.61 Å². The lowest BCUT2D eigenvalue weighted by atomic mass is 10.2. The van der Waals surface area contributed by atoms with Crippen LogP contribution in [0.5, 0.6) is 0 Å². The highest BCUT2D eigenvalue weighted by Crippen LogP contribution is 2.35. The fraction of sp³-hybridized carbons (Fsp3) is 0.364. The molecule has 0 bridgehead atoms. The molecule has 0 unspecified atom stereocenters. The fourth-order valence-electron chi connectivity index (χ4n) is 1.49. The Morgan fingerprint density at radius 3 is 2.38 bits per heavy atom. The highest BCUT2D eigenvalue weighted by Gasteiger charge is 2.43. The van der Waals surface area contributed by atoms with E-state index in [1.807, 2.05) is 0 Å². The first-order valence-electron chi connectivity index (χ1n) is 4.95. The van der Waals surface area contributed by atoms with E-state index in [0.717, 1.165) is 12.8 Å². The lowest BCUT2D eigenvalue weighted by Crippen LogP contribution is -2.39. The molecule has 1 aliphatic carbocycles. The van der Waals surface area contributed by atoms with Gasteiger partial charge in [0.25, 0.3) is 5.91 Å². The van der Waals surface area contributed by atoms with Gasteiger partial charge in [-0.3, -0.25) is 4.79 Å². The number of nitrogens with one attached hydrogen (secondary N) is 1. The molecule has 1 aromatic rings. The van der Waals surface area contributed by atoms with E-state index in [-0.39, 0.29) is 18.1 Å². The van der Waals surface area contributed by atoms with Crippen molar-refractivity contribution in [3.63, 3.8) is 0 Å². The van der Waals surface area contributed by atoms with Gasteiger partial charge in [0, 0.05) is 0 Å². The van der Waals surface area contributed by atoms with Crippen molar-refractivity contribution in [3.05, 3.63) is 33.8 Å². The number of benzene rings is 1. The molecule has 1 aromatic carbocycles. The van der Waals surface area contributed by atoms with Crippen molar-refractivity contribution in [3.8, 4) is 0 Å². The van der Waals surface area contributed by atoms with Crippen LogP contribution in [0.2, 0.25) is 10.0 Å². The number of carbonyl (C=O) groups is 1. The SMILES string of the molecule is O=C(NC1(CO)CC1)c1c(Cl)cccc1Cl. The molecule has 0 aliphatic heterocycles. The van der Waals surface area contributed by atoms with Crippen molar-refractivity contribution in [1.82, 2.24) is 5.32 Å². The molecule has 16 heavy (non-hydrogen) atoms. The molecule has 0 spiro atoms. The van der Waals surface area contributed by atoms with E-state index in [9.17, 15) is 4.79 Å². The number of amides is 1. The van der Waals surface area contributed by atoms with Gasteiger partial charge in [0.2, 0.25) is 0 Å². The summed E-state index contributed by atoms with van der Waals surface area (Å²) in [5, 5.41) is 12.5. The average Bonchev–Trinajstić information content (AvgIpc) is 2.98. The van der Waals surface area contributed by atoms with Crippen LogP contribution < -0.4 is 5.32 Å². The summed E-state index contributed by atoms with van der Waals surface area (Å²) in [6.07, 6.45) is 1.58. The number of rotatable bonds is 3. The Hall–Kier alpha value is -0.770. The predicted octanol–water partition coefficient (Wildman–Crippen LogP) is 2.25. The van der Waals surface area contributed by atoms with E-state index in [0.29, 0.717) is 10.0 Å². The molecule has 0 aromatic heterocycles. The fourth-order valence-corrected chi connectivity index (χ4v) is 2.06. The van der Waals surface area contributed by atoms with E-state index < -0.39 is 5.54 Å². The molecule has 0 heterocycles. The molecular formula is C11H11Cl2NO2. The van der Waals surface area contributed by atoms with Crippen molar-refractivity contribution < 1.29 is 9.90 Å². The summed E-state index contributed by atoms with van der Waals surface area (Å²) in [4.78, 5) is 11.9. The topological polar surface area (TPSA) is 49.3 Å². The molecule has 1 amide bonds. The highest BCUT2D eigenvalue weighted by molar-refractivity contribution is 6.39. The number of aliphatic hydroxyl groups excluding tert-OH is 1. The Balaban J connectivity index is 2.21. The Kier molecular flexibility index (Phi) is 3.10. The number of carbonyl (C=O) groups excluding carboxylic acids is 1. The first kappa shape index (κ1) is 11.7. The Morgan fingerprint density at radius 1 is 1.38 bits per heavy atom. The quantitative estimate of drug-likeness (QED) is 0.875. The van der Waals surface area contributed by atoms with Gasteiger partial charge in [-0.25, -0.2) is 0 Å². The van der Waals surface area contributed by atoms with Crippen LogP contribution in [0.25, 0.3) is 0 Å². The number of aliphatic hydroxyl groups is 1. The van der Waals surface area contributed by atoms with Crippen LogP contribution in [-0.4, -0.2) is 23.2 Å².